The van der Waals surface area contributed by atoms with Crippen molar-refractivity contribution in [3.05, 3.63) is 70.4 Å². The molecule has 8 heteroatoms. The molecular formula is C23H22ClN3O4. The van der Waals surface area contributed by atoms with Crippen LogP contribution in [0.3, 0.4) is 0 Å². The average Bonchev–Trinajstić information content (AvgIpc) is 3.30. The highest BCUT2D eigenvalue weighted by atomic mass is 35.5. The number of carbonyl (C=O) groups excluding carboxylic acids is 1. The van der Waals surface area contributed by atoms with Gasteiger partial charge in [-0.15, -0.1) is 6.58 Å². The van der Waals surface area contributed by atoms with Gasteiger partial charge in [0, 0.05) is 22.7 Å². The van der Waals surface area contributed by atoms with Crippen molar-refractivity contribution in [3.63, 3.8) is 0 Å². The van der Waals surface area contributed by atoms with Crippen LogP contribution in [0.2, 0.25) is 5.02 Å². The molecule has 1 aliphatic rings. The Labute approximate surface area is 184 Å². The molecule has 0 radical (unpaired) electrons. The molecule has 2 aromatic carbocycles. The van der Waals surface area contributed by atoms with Crippen molar-refractivity contribution >= 4 is 17.5 Å². The predicted octanol–water partition coefficient (Wildman–Crippen LogP) is 4.49. The predicted molar refractivity (Wildman–Crippen MR) is 118 cm³/mol. The van der Waals surface area contributed by atoms with E-state index in [1.165, 1.54) is 0 Å². The number of aromatic amines is 1. The molecule has 2 N–H and O–H groups in total. The van der Waals surface area contributed by atoms with Crippen molar-refractivity contribution < 1.29 is 19.4 Å². The molecule has 0 saturated carbocycles. The first kappa shape index (κ1) is 20.8. The Kier molecular flexibility index (Phi) is 5.37. The van der Waals surface area contributed by atoms with Crippen molar-refractivity contribution in [2.24, 2.45) is 0 Å². The van der Waals surface area contributed by atoms with Gasteiger partial charge in [0.15, 0.2) is 11.5 Å². The van der Waals surface area contributed by atoms with Gasteiger partial charge in [-0.25, -0.2) is 0 Å². The van der Waals surface area contributed by atoms with Crippen molar-refractivity contribution in [1.29, 1.82) is 0 Å². The number of hydrogen-bond acceptors (Lipinski definition) is 5. The van der Waals surface area contributed by atoms with Crippen molar-refractivity contribution in [2.75, 3.05) is 20.8 Å². The molecule has 31 heavy (non-hydrogen) atoms. The topological polar surface area (TPSA) is 87.7 Å². The molecule has 1 atom stereocenters. The van der Waals surface area contributed by atoms with Gasteiger partial charge in [-0.3, -0.25) is 9.89 Å². The van der Waals surface area contributed by atoms with Crippen LogP contribution in [0.4, 0.5) is 0 Å². The van der Waals surface area contributed by atoms with Crippen LogP contribution in [-0.2, 0) is 0 Å². The fourth-order valence-electron chi connectivity index (χ4n) is 3.95. The molecule has 3 aromatic rings. The molecule has 0 fully saturated rings. The summed E-state index contributed by atoms with van der Waals surface area (Å²) in [6.45, 7) is 5.93. The van der Waals surface area contributed by atoms with Gasteiger partial charge >= 0.3 is 0 Å². The molecular weight excluding hydrogens is 418 g/mol. The molecule has 0 bridgehead atoms. The Balaban J connectivity index is 1.94. The number of phenolic OH excluding ortho intramolecular Hbond substituents is 1. The molecule has 7 nitrogen and oxygen atoms in total. The number of halogens is 1. The maximum absolute atomic E-state index is 13.2. The highest BCUT2D eigenvalue weighted by Gasteiger charge is 2.42. The van der Waals surface area contributed by atoms with Crippen LogP contribution in [0.15, 0.2) is 43.0 Å². The van der Waals surface area contributed by atoms with Crippen LogP contribution < -0.4 is 9.47 Å². The third-order valence-electron chi connectivity index (χ3n) is 5.45. The lowest BCUT2D eigenvalue weighted by Gasteiger charge is -2.26. The first-order valence-corrected chi connectivity index (χ1v) is 10.0. The summed E-state index contributed by atoms with van der Waals surface area (Å²) in [7, 11) is 3.13. The molecule has 160 valence electrons. The van der Waals surface area contributed by atoms with Crippen LogP contribution in [-0.4, -0.2) is 46.9 Å². The van der Waals surface area contributed by atoms with Crippen LogP contribution in [0, 0.1) is 6.92 Å². The minimum atomic E-state index is -0.464. The number of carbonyl (C=O) groups is 1. The smallest absolute Gasteiger partial charge is 0.273 e. The Morgan fingerprint density at radius 3 is 2.68 bits per heavy atom. The Hall–Kier alpha value is -3.45. The summed E-state index contributed by atoms with van der Waals surface area (Å²) in [6.07, 6.45) is 1.67. The quantitative estimate of drug-likeness (QED) is 0.552. The van der Waals surface area contributed by atoms with E-state index in [-0.39, 0.29) is 11.7 Å². The number of rotatable bonds is 6. The number of methoxy groups -OCH3 is 2. The van der Waals surface area contributed by atoms with E-state index in [1.54, 1.807) is 43.4 Å². The van der Waals surface area contributed by atoms with Gasteiger partial charge in [0.2, 0.25) is 0 Å². The van der Waals surface area contributed by atoms with Gasteiger partial charge < -0.3 is 19.5 Å². The van der Waals surface area contributed by atoms with Crippen molar-refractivity contribution in [2.45, 2.75) is 13.0 Å². The highest BCUT2D eigenvalue weighted by Crippen LogP contribution is 2.46. The fraction of sp³-hybridized carbons (Fsp3) is 0.217. The molecule has 2 heterocycles. The van der Waals surface area contributed by atoms with Crippen molar-refractivity contribution in [1.82, 2.24) is 15.1 Å². The van der Waals surface area contributed by atoms with E-state index in [0.29, 0.717) is 45.6 Å². The first-order chi connectivity index (χ1) is 14.9. The zero-order valence-corrected chi connectivity index (χ0v) is 18.2. The Morgan fingerprint density at radius 2 is 2.00 bits per heavy atom. The van der Waals surface area contributed by atoms with E-state index in [1.807, 2.05) is 19.1 Å². The minimum Gasteiger partial charge on any atom is -0.507 e. The average molecular weight is 440 g/mol. The number of nitrogens with zero attached hydrogens (tertiary/aromatic N) is 2. The number of phenols is 1. The number of nitrogens with one attached hydrogen (secondary N) is 1. The fourth-order valence-corrected chi connectivity index (χ4v) is 4.12. The number of aryl methyl sites for hydroxylation is 1. The van der Waals surface area contributed by atoms with Crippen LogP contribution >= 0.6 is 11.6 Å². The van der Waals surface area contributed by atoms with E-state index in [4.69, 9.17) is 21.1 Å². The van der Waals surface area contributed by atoms with Gasteiger partial charge in [0.1, 0.15) is 17.1 Å². The van der Waals surface area contributed by atoms with E-state index in [9.17, 15) is 9.90 Å². The summed E-state index contributed by atoms with van der Waals surface area (Å²) in [5, 5.41) is 18.3. The normalized spacial score (nSPS) is 15.2. The van der Waals surface area contributed by atoms with Gasteiger partial charge in [-0.05, 0) is 42.3 Å². The number of amides is 1. The molecule has 0 saturated heterocycles. The Morgan fingerprint density at radius 1 is 1.26 bits per heavy atom. The van der Waals surface area contributed by atoms with Crippen LogP contribution in [0.1, 0.15) is 33.2 Å². The second kappa shape index (κ2) is 8.00. The Bertz CT molecular complexity index is 1190. The van der Waals surface area contributed by atoms with E-state index < -0.39 is 6.04 Å². The summed E-state index contributed by atoms with van der Waals surface area (Å²) in [6, 6.07) is 8.29. The number of hydrogen-bond donors (Lipinski definition) is 2. The third kappa shape index (κ3) is 3.31. The minimum absolute atomic E-state index is 0.0388. The number of benzene rings is 2. The summed E-state index contributed by atoms with van der Waals surface area (Å²) in [4.78, 5) is 14.8. The zero-order valence-electron chi connectivity index (χ0n) is 17.4. The molecule has 4 rings (SSSR count). The number of aromatic nitrogens is 2. The number of fused-ring (bicyclic) bond motifs is 1. The summed E-state index contributed by atoms with van der Waals surface area (Å²) in [5.74, 6) is 0.968. The summed E-state index contributed by atoms with van der Waals surface area (Å²) >= 11 is 6.32. The van der Waals surface area contributed by atoms with Crippen LogP contribution in [0.25, 0.3) is 11.3 Å². The number of aromatic hydroxyl groups is 1. The molecule has 0 spiro atoms. The lowest BCUT2D eigenvalue weighted by atomic mass is 9.95. The maximum atomic E-state index is 13.2. The monoisotopic (exact) mass is 439 g/mol. The summed E-state index contributed by atoms with van der Waals surface area (Å²) in [5.41, 5.74) is 3.51. The lowest BCUT2D eigenvalue weighted by Crippen LogP contribution is -2.29. The largest absolute Gasteiger partial charge is 0.507 e. The SMILES string of the molecule is C=CCN1C(=O)c2[nH]nc(-c3cc(Cl)c(C)cc3O)c2C1c1ccc(OC)c(OC)c1. The highest BCUT2D eigenvalue weighted by molar-refractivity contribution is 6.31. The van der Waals surface area contributed by atoms with Gasteiger partial charge in [-0.1, -0.05) is 23.7 Å². The van der Waals surface area contributed by atoms with Gasteiger partial charge in [-0.2, -0.15) is 5.10 Å². The first-order valence-electron chi connectivity index (χ1n) is 9.62. The molecule has 1 aromatic heterocycles. The molecule has 1 amide bonds. The molecule has 1 unspecified atom stereocenters. The zero-order chi connectivity index (χ0) is 22.3. The van der Waals surface area contributed by atoms with E-state index in [0.717, 1.165) is 11.1 Å². The van der Waals surface area contributed by atoms with Gasteiger partial charge in [0.05, 0.1) is 20.3 Å². The summed E-state index contributed by atoms with van der Waals surface area (Å²) < 4.78 is 10.8. The second-order valence-corrected chi connectivity index (χ2v) is 7.65. The number of H-pyrrole nitrogens is 1. The van der Waals surface area contributed by atoms with E-state index in [2.05, 4.69) is 16.8 Å². The maximum Gasteiger partial charge on any atom is 0.273 e. The lowest BCUT2D eigenvalue weighted by molar-refractivity contribution is 0.0764. The van der Waals surface area contributed by atoms with Gasteiger partial charge in [0.25, 0.3) is 5.91 Å². The third-order valence-corrected chi connectivity index (χ3v) is 5.85. The number of ether oxygens (including phenoxy) is 2. The second-order valence-electron chi connectivity index (χ2n) is 7.24. The molecule has 0 aliphatic carbocycles. The van der Waals surface area contributed by atoms with Crippen molar-refractivity contribution in [3.8, 4) is 28.5 Å². The standard InChI is InChI=1S/C23H22ClN3O4/c1-5-8-27-22(13-6-7-17(30-3)18(10-13)31-4)19-20(25-26-21(19)23(27)29)14-11-15(24)12(2)9-16(14)28/h5-7,9-11,22,28H,1,8H2,2-4H3,(H,25,26). The van der Waals surface area contributed by atoms with Crippen LogP contribution in [0.5, 0.6) is 17.2 Å². The molecule has 1 aliphatic heterocycles. The van der Waals surface area contributed by atoms with E-state index >= 15 is 0 Å².